The van der Waals surface area contributed by atoms with E-state index in [2.05, 4.69) is 0 Å². The van der Waals surface area contributed by atoms with E-state index >= 15 is 0 Å². The maximum Gasteiger partial charge on any atom is 0.253 e. The van der Waals surface area contributed by atoms with Gasteiger partial charge < -0.3 is 5.73 Å². The van der Waals surface area contributed by atoms with Gasteiger partial charge in [0.2, 0.25) is 5.92 Å². The molecule has 1 aliphatic rings. The zero-order chi connectivity index (χ0) is 8.65. The van der Waals surface area contributed by atoms with Crippen LogP contribution in [0.15, 0.2) is 0 Å². The molecule has 0 heterocycles. The Morgan fingerprint density at radius 1 is 1.27 bits per heavy atom. The molecule has 0 bridgehead atoms. The molecule has 66 valence electrons. The van der Waals surface area contributed by atoms with E-state index in [9.17, 15) is 17.6 Å². The van der Waals surface area contributed by atoms with E-state index < -0.39 is 37.1 Å². The third-order valence-corrected chi connectivity index (χ3v) is 1.96. The van der Waals surface area contributed by atoms with Crippen molar-refractivity contribution in [2.75, 3.05) is 0 Å². The van der Waals surface area contributed by atoms with E-state index in [1.807, 2.05) is 0 Å². The van der Waals surface area contributed by atoms with Crippen LogP contribution in [0.5, 0.6) is 0 Å². The number of alkyl halides is 4. The predicted molar refractivity (Wildman–Crippen MR) is 31.7 cm³/mol. The summed E-state index contributed by atoms with van der Waals surface area (Å²) in [6.45, 7) is 0. The molecule has 1 rings (SSSR count). The van der Waals surface area contributed by atoms with Gasteiger partial charge in [0, 0.05) is 12.8 Å². The van der Waals surface area contributed by atoms with E-state index in [1.165, 1.54) is 0 Å². The summed E-state index contributed by atoms with van der Waals surface area (Å²) < 4.78 is 47.8. The average Bonchev–Trinajstić information content (AvgIpc) is 1.80. The fourth-order valence-electron chi connectivity index (χ4n) is 1.19. The molecule has 0 aromatic heterocycles. The Morgan fingerprint density at radius 3 is 2.00 bits per heavy atom. The highest BCUT2D eigenvalue weighted by atomic mass is 19.3. The molecule has 0 amide bonds. The predicted octanol–water partition coefficient (Wildman–Crippen LogP) is 1.62. The molecule has 2 N–H and O–H groups in total. The van der Waals surface area contributed by atoms with Crippen molar-refractivity contribution < 1.29 is 17.6 Å². The van der Waals surface area contributed by atoms with Gasteiger partial charge in [0.1, 0.15) is 0 Å². The topological polar surface area (TPSA) is 26.0 Å². The highest BCUT2D eigenvalue weighted by Crippen LogP contribution is 2.44. The molecule has 0 spiro atoms. The zero-order valence-corrected chi connectivity index (χ0v) is 5.74. The minimum atomic E-state index is -2.75. The van der Waals surface area contributed by atoms with Crippen LogP contribution in [0.2, 0.25) is 0 Å². The van der Waals surface area contributed by atoms with Crippen LogP contribution in [0.25, 0.3) is 0 Å². The summed E-state index contributed by atoms with van der Waals surface area (Å²) >= 11 is 0. The Morgan fingerprint density at radius 2 is 1.73 bits per heavy atom. The van der Waals surface area contributed by atoms with Crippen molar-refractivity contribution in [3.8, 4) is 0 Å². The van der Waals surface area contributed by atoms with Gasteiger partial charge in [0.25, 0.3) is 6.43 Å². The van der Waals surface area contributed by atoms with E-state index in [-0.39, 0.29) is 0 Å². The van der Waals surface area contributed by atoms with Crippen LogP contribution in [-0.4, -0.2) is 18.4 Å². The van der Waals surface area contributed by atoms with Gasteiger partial charge in [-0.05, 0) is 5.92 Å². The lowest BCUT2D eigenvalue weighted by Crippen LogP contribution is -2.48. The number of hydrogen-bond acceptors (Lipinski definition) is 1. The maximum atomic E-state index is 12.1. The van der Waals surface area contributed by atoms with Gasteiger partial charge >= 0.3 is 0 Å². The Bertz CT molecular complexity index is 140. The molecule has 0 aromatic rings. The fourth-order valence-corrected chi connectivity index (χ4v) is 1.19. The molecule has 0 radical (unpaired) electrons. The minimum absolute atomic E-state index is 0.488. The summed E-state index contributed by atoms with van der Waals surface area (Å²) in [5.74, 6) is -3.46. The first-order valence-electron chi connectivity index (χ1n) is 3.34. The summed E-state index contributed by atoms with van der Waals surface area (Å²) in [6, 6.07) is -1.38. The molecular weight excluding hydrogens is 162 g/mol. The molecule has 0 aliphatic heterocycles. The monoisotopic (exact) mass is 171 g/mol. The molecule has 1 fully saturated rings. The second-order valence-corrected chi connectivity index (χ2v) is 2.94. The van der Waals surface area contributed by atoms with Crippen molar-refractivity contribution in [1.29, 1.82) is 0 Å². The van der Waals surface area contributed by atoms with Crippen LogP contribution in [0.4, 0.5) is 17.6 Å². The summed E-state index contributed by atoms with van der Waals surface area (Å²) in [6.07, 6.45) is -3.66. The molecule has 1 nitrogen and oxygen atoms in total. The van der Waals surface area contributed by atoms with Crippen LogP contribution < -0.4 is 5.73 Å². The minimum Gasteiger partial charge on any atom is -0.323 e. The zero-order valence-electron chi connectivity index (χ0n) is 5.74. The third-order valence-electron chi connectivity index (χ3n) is 1.96. The molecule has 0 aromatic carbocycles. The van der Waals surface area contributed by atoms with E-state index in [0.29, 0.717) is 0 Å². The first kappa shape index (κ1) is 8.77. The lowest BCUT2D eigenvalue weighted by atomic mass is 9.77. The van der Waals surface area contributed by atoms with E-state index in [0.717, 1.165) is 0 Å². The highest BCUT2D eigenvalue weighted by molar-refractivity contribution is 4.92. The number of nitrogens with two attached hydrogens (primary N) is 1. The molecule has 1 atom stereocenters. The van der Waals surface area contributed by atoms with Crippen molar-refractivity contribution in [3.05, 3.63) is 0 Å². The smallest absolute Gasteiger partial charge is 0.253 e. The maximum absolute atomic E-state index is 12.1. The lowest BCUT2D eigenvalue weighted by molar-refractivity contribution is -0.127. The van der Waals surface area contributed by atoms with Gasteiger partial charge in [0.05, 0.1) is 6.04 Å². The van der Waals surface area contributed by atoms with Crippen molar-refractivity contribution in [2.24, 2.45) is 11.7 Å². The summed E-state index contributed by atoms with van der Waals surface area (Å²) in [5.41, 5.74) is 4.96. The number of hydrogen-bond donors (Lipinski definition) is 1. The largest absolute Gasteiger partial charge is 0.323 e. The van der Waals surface area contributed by atoms with Gasteiger partial charge in [-0.1, -0.05) is 0 Å². The summed E-state index contributed by atoms with van der Waals surface area (Å²) in [5, 5.41) is 0. The molecule has 1 unspecified atom stereocenters. The molecule has 1 saturated carbocycles. The number of halogens is 4. The van der Waals surface area contributed by atoms with Crippen molar-refractivity contribution in [3.63, 3.8) is 0 Å². The van der Waals surface area contributed by atoms with Crippen LogP contribution in [0.1, 0.15) is 12.8 Å². The molecule has 5 heteroatoms. The van der Waals surface area contributed by atoms with Crippen LogP contribution >= 0.6 is 0 Å². The molecular formula is C6H9F4N. The van der Waals surface area contributed by atoms with Gasteiger partial charge in [-0.3, -0.25) is 0 Å². The number of rotatable bonds is 2. The Hall–Kier alpha value is -0.320. The average molecular weight is 171 g/mol. The van der Waals surface area contributed by atoms with Gasteiger partial charge in [-0.15, -0.1) is 0 Å². The second kappa shape index (κ2) is 2.62. The van der Waals surface area contributed by atoms with Gasteiger partial charge in [0.15, 0.2) is 0 Å². The standard InChI is InChI=1S/C6H9F4N/c7-5(8)4(11)3-1-6(9,10)2-3/h3-5H,1-2,11H2. The first-order valence-corrected chi connectivity index (χ1v) is 3.34. The third kappa shape index (κ3) is 1.83. The molecule has 11 heavy (non-hydrogen) atoms. The normalized spacial score (nSPS) is 26.7. The van der Waals surface area contributed by atoms with Gasteiger partial charge in [-0.25, -0.2) is 17.6 Å². The Balaban J connectivity index is 2.32. The Labute approximate surface area is 61.6 Å². The molecule has 1 aliphatic carbocycles. The van der Waals surface area contributed by atoms with Crippen LogP contribution in [0, 0.1) is 5.92 Å². The Kier molecular flexibility index (Phi) is 2.09. The van der Waals surface area contributed by atoms with Gasteiger partial charge in [-0.2, -0.15) is 0 Å². The highest BCUT2D eigenvalue weighted by Gasteiger charge is 2.49. The fraction of sp³-hybridized carbons (Fsp3) is 1.00. The SMILES string of the molecule is NC(C(F)F)C1CC(F)(F)C1. The second-order valence-electron chi connectivity index (χ2n) is 2.94. The van der Waals surface area contributed by atoms with Crippen molar-refractivity contribution in [1.82, 2.24) is 0 Å². The first-order chi connectivity index (χ1) is 4.92. The summed E-state index contributed by atoms with van der Waals surface area (Å²) in [7, 11) is 0. The van der Waals surface area contributed by atoms with E-state index in [1.54, 1.807) is 0 Å². The quantitative estimate of drug-likeness (QED) is 0.628. The van der Waals surface area contributed by atoms with Crippen molar-refractivity contribution >= 4 is 0 Å². The van der Waals surface area contributed by atoms with Crippen LogP contribution in [-0.2, 0) is 0 Å². The van der Waals surface area contributed by atoms with Crippen molar-refractivity contribution in [2.45, 2.75) is 31.2 Å². The van der Waals surface area contributed by atoms with Crippen LogP contribution in [0.3, 0.4) is 0 Å². The molecule has 0 saturated heterocycles. The van der Waals surface area contributed by atoms with E-state index in [4.69, 9.17) is 5.73 Å². The summed E-state index contributed by atoms with van der Waals surface area (Å²) in [4.78, 5) is 0. The lowest BCUT2D eigenvalue weighted by Gasteiger charge is -2.38.